The number of carbonyl (C=O) groups is 2. The first kappa shape index (κ1) is 20.4. The molecule has 0 unspecified atom stereocenters. The van der Waals surface area contributed by atoms with E-state index in [1.54, 1.807) is 14.0 Å². The Hall–Kier alpha value is -3.35. The van der Waals surface area contributed by atoms with Crippen LogP contribution in [-0.2, 0) is 16.0 Å². The van der Waals surface area contributed by atoms with E-state index < -0.39 is 23.8 Å². The Morgan fingerprint density at radius 3 is 2.59 bits per heavy atom. The molecular formula is C22H22FNO5. The first-order valence-electron chi connectivity index (χ1n) is 9.19. The molecule has 0 aliphatic carbocycles. The lowest BCUT2D eigenvalue weighted by Gasteiger charge is -2.13. The zero-order chi connectivity index (χ0) is 21.0. The van der Waals surface area contributed by atoms with Gasteiger partial charge in [0.1, 0.15) is 17.1 Å². The number of amides is 1. The fourth-order valence-corrected chi connectivity index (χ4v) is 2.92. The molecule has 3 rings (SSSR count). The molecule has 152 valence electrons. The largest absolute Gasteiger partial charge is 0.497 e. The molecule has 0 aliphatic heterocycles. The number of halogens is 1. The van der Waals surface area contributed by atoms with Gasteiger partial charge in [0.2, 0.25) is 5.76 Å². The fraction of sp³-hybridized carbons (Fsp3) is 0.273. The number of nitrogens with one attached hydrogen (secondary N) is 1. The van der Waals surface area contributed by atoms with Gasteiger partial charge < -0.3 is 19.2 Å². The number of fused-ring (bicyclic) bond motifs is 1. The quantitative estimate of drug-likeness (QED) is 0.612. The monoisotopic (exact) mass is 399 g/mol. The van der Waals surface area contributed by atoms with E-state index in [-0.39, 0.29) is 5.76 Å². The second-order valence-electron chi connectivity index (χ2n) is 6.63. The van der Waals surface area contributed by atoms with E-state index in [1.165, 1.54) is 25.1 Å². The lowest BCUT2D eigenvalue weighted by atomic mass is 10.1. The number of hydrogen-bond donors (Lipinski definition) is 1. The van der Waals surface area contributed by atoms with Crippen LogP contribution in [0.15, 0.2) is 46.9 Å². The Labute approximate surface area is 167 Å². The van der Waals surface area contributed by atoms with E-state index in [2.05, 4.69) is 5.32 Å². The molecule has 0 bridgehead atoms. The molecule has 29 heavy (non-hydrogen) atoms. The molecule has 3 aromatic rings. The van der Waals surface area contributed by atoms with Crippen LogP contribution in [0.25, 0.3) is 11.0 Å². The number of aryl methyl sites for hydroxylation is 1. The van der Waals surface area contributed by atoms with Crippen molar-refractivity contribution < 1.29 is 27.9 Å². The predicted molar refractivity (Wildman–Crippen MR) is 105 cm³/mol. The summed E-state index contributed by atoms with van der Waals surface area (Å²) in [5.41, 5.74) is 1.89. The summed E-state index contributed by atoms with van der Waals surface area (Å²) >= 11 is 0. The summed E-state index contributed by atoms with van der Waals surface area (Å²) in [7, 11) is 1.60. The van der Waals surface area contributed by atoms with Crippen LogP contribution in [0, 0.1) is 12.7 Å². The normalized spacial score (nSPS) is 11.9. The molecule has 1 heterocycles. The minimum absolute atomic E-state index is 0.0384. The number of hydrogen-bond acceptors (Lipinski definition) is 5. The minimum atomic E-state index is -0.997. The molecule has 0 saturated heterocycles. The van der Waals surface area contributed by atoms with Gasteiger partial charge in [-0.05, 0) is 56.2 Å². The SMILES string of the molecule is COc1ccc(CCNC(=O)[C@H](C)OC(=O)c2oc3ccc(F)cc3c2C)cc1. The van der Waals surface area contributed by atoms with Crippen molar-refractivity contribution in [3.8, 4) is 5.75 Å². The van der Waals surface area contributed by atoms with Gasteiger partial charge in [-0.25, -0.2) is 9.18 Å². The molecule has 6 nitrogen and oxygen atoms in total. The van der Waals surface area contributed by atoms with E-state index in [9.17, 15) is 14.0 Å². The third-order valence-corrected chi connectivity index (χ3v) is 4.61. The number of furan rings is 1. The number of methoxy groups -OCH3 is 1. The molecular weight excluding hydrogens is 377 g/mol. The van der Waals surface area contributed by atoms with Crippen molar-refractivity contribution in [1.82, 2.24) is 5.32 Å². The second-order valence-corrected chi connectivity index (χ2v) is 6.63. The maximum absolute atomic E-state index is 13.4. The van der Waals surface area contributed by atoms with Gasteiger partial charge in [0, 0.05) is 17.5 Å². The summed E-state index contributed by atoms with van der Waals surface area (Å²) in [5, 5.41) is 3.23. The maximum Gasteiger partial charge on any atom is 0.375 e. The Balaban J connectivity index is 1.55. The standard InChI is InChI=1S/C22H22FNO5/c1-13-18-12-16(23)6-9-19(18)29-20(13)22(26)28-14(2)21(25)24-11-10-15-4-7-17(27-3)8-5-15/h4-9,12,14H,10-11H2,1-3H3,(H,24,25)/t14-/m0/s1. The molecule has 7 heteroatoms. The van der Waals surface area contributed by atoms with Crippen molar-refractivity contribution in [3.05, 3.63) is 65.2 Å². The summed E-state index contributed by atoms with van der Waals surface area (Å²) in [4.78, 5) is 24.6. The van der Waals surface area contributed by atoms with E-state index in [1.807, 2.05) is 24.3 Å². The van der Waals surface area contributed by atoms with Crippen molar-refractivity contribution in [1.29, 1.82) is 0 Å². The topological polar surface area (TPSA) is 77.8 Å². The number of ether oxygens (including phenoxy) is 2. The third-order valence-electron chi connectivity index (χ3n) is 4.61. The molecule has 1 atom stereocenters. The Morgan fingerprint density at radius 1 is 1.17 bits per heavy atom. The van der Waals surface area contributed by atoms with Gasteiger partial charge in [0.05, 0.1) is 7.11 Å². The fourth-order valence-electron chi connectivity index (χ4n) is 2.92. The van der Waals surface area contributed by atoms with Crippen LogP contribution in [0.5, 0.6) is 5.75 Å². The average Bonchev–Trinajstić information content (AvgIpc) is 3.04. The summed E-state index contributed by atoms with van der Waals surface area (Å²) in [5.74, 6) is -0.875. The highest BCUT2D eigenvalue weighted by atomic mass is 19.1. The van der Waals surface area contributed by atoms with E-state index in [0.717, 1.165) is 11.3 Å². The van der Waals surface area contributed by atoms with Crippen LogP contribution in [0.2, 0.25) is 0 Å². The highest BCUT2D eigenvalue weighted by molar-refractivity contribution is 5.97. The number of esters is 1. The van der Waals surface area contributed by atoms with Gasteiger partial charge in [-0.3, -0.25) is 4.79 Å². The van der Waals surface area contributed by atoms with Crippen LogP contribution in [0.4, 0.5) is 4.39 Å². The smallest absolute Gasteiger partial charge is 0.375 e. The highest BCUT2D eigenvalue weighted by Gasteiger charge is 2.24. The number of carbonyl (C=O) groups excluding carboxylic acids is 2. The minimum Gasteiger partial charge on any atom is -0.497 e. The third kappa shape index (κ3) is 4.74. The zero-order valence-electron chi connectivity index (χ0n) is 16.5. The van der Waals surface area contributed by atoms with Crippen molar-refractivity contribution in [2.75, 3.05) is 13.7 Å². The number of benzene rings is 2. The van der Waals surface area contributed by atoms with Gasteiger partial charge >= 0.3 is 5.97 Å². The molecule has 1 N–H and O–H groups in total. The van der Waals surface area contributed by atoms with Gasteiger partial charge in [-0.1, -0.05) is 12.1 Å². The first-order valence-corrected chi connectivity index (χ1v) is 9.19. The second kappa shape index (κ2) is 8.77. The lowest BCUT2D eigenvalue weighted by molar-refractivity contribution is -0.129. The predicted octanol–water partition coefficient (Wildman–Crippen LogP) is 3.79. The lowest BCUT2D eigenvalue weighted by Crippen LogP contribution is -2.36. The summed E-state index contributed by atoms with van der Waals surface area (Å²) in [6.07, 6.45) is -0.368. The summed E-state index contributed by atoms with van der Waals surface area (Å²) in [6.45, 7) is 3.52. The van der Waals surface area contributed by atoms with Crippen LogP contribution in [0.1, 0.15) is 28.6 Å². The first-order chi connectivity index (χ1) is 13.9. The van der Waals surface area contributed by atoms with Crippen LogP contribution in [0.3, 0.4) is 0 Å². The molecule has 0 aliphatic rings. The van der Waals surface area contributed by atoms with Gasteiger partial charge in [0.25, 0.3) is 5.91 Å². The molecule has 0 spiro atoms. The Morgan fingerprint density at radius 2 is 1.90 bits per heavy atom. The Bertz CT molecular complexity index is 1030. The van der Waals surface area contributed by atoms with E-state index >= 15 is 0 Å². The van der Waals surface area contributed by atoms with Crippen molar-refractivity contribution in [2.45, 2.75) is 26.4 Å². The van der Waals surface area contributed by atoms with E-state index in [0.29, 0.717) is 29.5 Å². The molecule has 2 aromatic carbocycles. The summed E-state index contributed by atoms with van der Waals surface area (Å²) < 4.78 is 29.2. The molecule has 1 aromatic heterocycles. The molecule has 0 saturated carbocycles. The molecule has 0 radical (unpaired) electrons. The Kier molecular flexibility index (Phi) is 6.16. The van der Waals surface area contributed by atoms with Crippen molar-refractivity contribution in [3.63, 3.8) is 0 Å². The van der Waals surface area contributed by atoms with Gasteiger partial charge in [-0.15, -0.1) is 0 Å². The molecule has 0 fully saturated rings. The van der Waals surface area contributed by atoms with Gasteiger partial charge in [0.15, 0.2) is 6.10 Å². The maximum atomic E-state index is 13.4. The van der Waals surface area contributed by atoms with E-state index in [4.69, 9.17) is 13.9 Å². The zero-order valence-corrected chi connectivity index (χ0v) is 16.5. The van der Waals surface area contributed by atoms with Gasteiger partial charge in [-0.2, -0.15) is 0 Å². The van der Waals surface area contributed by atoms with Crippen LogP contribution in [-0.4, -0.2) is 31.6 Å². The van der Waals surface area contributed by atoms with Crippen LogP contribution >= 0.6 is 0 Å². The van der Waals surface area contributed by atoms with Crippen molar-refractivity contribution >= 4 is 22.8 Å². The van der Waals surface area contributed by atoms with Crippen LogP contribution < -0.4 is 10.1 Å². The summed E-state index contributed by atoms with van der Waals surface area (Å²) in [6, 6.07) is 11.5. The average molecular weight is 399 g/mol. The molecule has 1 amide bonds. The number of rotatable bonds is 7. The highest BCUT2D eigenvalue weighted by Crippen LogP contribution is 2.26. The van der Waals surface area contributed by atoms with Crippen molar-refractivity contribution in [2.24, 2.45) is 0 Å².